The molecule has 1 aliphatic carbocycles. The minimum Gasteiger partial charge on any atom is -0.461 e. The normalized spacial score (nSPS) is 21.8. The van der Waals surface area contributed by atoms with Crippen LogP contribution in [-0.2, 0) is 14.3 Å². The highest BCUT2D eigenvalue weighted by Gasteiger charge is 2.43. The molecule has 27 heavy (non-hydrogen) atoms. The van der Waals surface area contributed by atoms with E-state index in [1.54, 1.807) is 0 Å². The lowest BCUT2D eigenvalue weighted by Gasteiger charge is -2.32. The van der Waals surface area contributed by atoms with Crippen molar-refractivity contribution in [3.05, 3.63) is 0 Å². The quantitative estimate of drug-likeness (QED) is 0.452. The van der Waals surface area contributed by atoms with Crippen LogP contribution in [0.3, 0.4) is 0 Å². The van der Waals surface area contributed by atoms with Crippen LogP contribution in [0.2, 0.25) is 0 Å². The van der Waals surface area contributed by atoms with E-state index in [9.17, 15) is 26.7 Å². The van der Waals surface area contributed by atoms with Crippen LogP contribution < -0.4 is 0 Å². The molecule has 1 atom stereocenters. The minimum atomic E-state index is -4.93. The largest absolute Gasteiger partial charge is 0.461 e. The molecular weight excluding hydrogens is 373 g/mol. The third-order valence-corrected chi connectivity index (χ3v) is 5.08. The molecule has 2 rings (SSSR count). The summed E-state index contributed by atoms with van der Waals surface area (Å²) >= 11 is 0. The Bertz CT molecular complexity index is 460. The predicted octanol–water partition coefficient (Wildman–Crippen LogP) is 4.18. The van der Waals surface area contributed by atoms with Gasteiger partial charge in [-0.3, -0.25) is 9.69 Å². The summed E-state index contributed by atoms with van der Waals surface area (Å²) in [5.41, 5.74) is 0. The zero-order valence-corrected chi connectivity index (χ0v) is 15.4. The summed E-state index contributed by atoms with van der Waals surface area (Å²) in [7, 11) is 0. The van der Waals surface area contributed by atoms with Gasteiger partial charge in [0, 0.05) is 26.1 Å². The fraction of sp³-hybridized carbons (Fsp3) is 0.944. The number of esters is 1. The van der Waals surface area contributed by atoms with Crippen molar-refractivity contribution in [1.82, 2.24) is 4.90 Å². The Kier molecular flexibility index (Phi) is 8.27. The van der Waals surface area contributed by atoms with Gasteiger partial charge in [-0.05, 0) is 19.3 Å². The molecule has 0 radical (unpaired) electrons. The number of halogens is 5. The van der Waals surface area contributed by atoms with E-state index in [1.165, 1.54) is 0 Å². The lowest BCUT2D eigenvalue weighted by Crippen LogP contribution is -2.43. The van der Waals surface area contributed by atoms with E-state index in [0.717, 1.165) is 19.3 Å². The van der Waals surface area contributed by atoms with Crippen molar-refractivity contribution >= 4 is 5.97 Å². The van der Waals surface area contributed by atoms with E-state index in [4.69, 9.17) is 9.47 Å². The Morgan fingerprint density at radius 1 is 1.07 bits per heavy atom. The summed E-state index contributed by atoms with van der Waals surface area (Å²) in [6.07, 6.45) is -4.82. The maximum absolute atomic E-state index is 13.7. The Morgan fingerprint density at radius 2 is 1.70 bits per heavy atom. The minimum absolute atomic E-state index is 0.235. The number of carbonyl (C=O) groups excluding carboxylic acids is 1. The van der Waals surface area contributed by atoms with E-state index in [-0.39, 0.29) is 18.9 Å². The molecule has 0 amide bonds. The fourth-order valence-electron chi connectivity index (χ4n) is 3.61. The van der Waals surface area contributed by atoms with Crippen LogP contribution in [0.15, 0.2) is 0 Å². The Labute approximate surface area is 156 Å². The molecule has 0 aromatic heterocycles. The zero-order valence-electron chi connectivity index (χ0n) is 15.4. The van der Waals surface area contributed by atoms with Crippen LogP contribution in [-0.4, -0.2) is 61.9 Å². The summed E-state index contributed by atoms with van der Waals surface area (Å²) in [6.45, 7) is 2.39. The summed E-state index contributed by atoms with van der Waals surface area (Å²) < 4.78 is 75.0. The van der Waals surface area contributed by atoms with E-state index >= 15 is 0 Å². The van der Waals surface area contributed by atoms with Gasteiger partial charge in [0.05, 0.1) is 19.1 Å². The lowest BCUT2D eigenvalue weighted by molar-refractivity contribution is -0.192. The molecule has 0 spiro atoms. The number of nitrogens with zero attached hydrogens (tertiary/aromatic N) is 1. The number of rotatable bonds is 8. The molecule has 158 valence electrons. The molecule has 0 bridgehead atoms. The van der Waals surface area contributed by atoms with Crippen molar-refractivity contribution in [3.63, 3.8) is 0 Å². The van der Waals surface area contributed by atoms with E-state index in [2.05, 4.69) is 0 Å². The average molecular weight is 401 g/mol. The molecule has 1 heterocycles. The number of morpholine rings is 1. The Hall–Kier alpha value is -0.960. The van der Waals surface area contributed by atoms with Crippen LogP contribution in [0.1, 0.15) is 51.4 Å². The van der Waals surface area contributed by atoms with Crippen molar-refractivity contribution in [1.29, 1.82) is 0 Å². The molecule has 0 aromatic carbocycles. The van der Waals surface area contributed by atoms with E-state index in [1.807, 2.05) is 4.90 Å². The van der Waals surface area contributed by atoms with Crippen molar-refractivity contribution in [2.45, 2.75) is 69.6 Å². The Morgan fingerprint density at radius 3 is 2.30 bits per heavy atom. The van der Waals surface area contributed by atoms with Crippen molar-refractivity contribution < 1.29 is 36.2 Å². The third-order valence-electron chi connectivity index (χ3n) is 5.08. The van der Waals surface area contributed by atoms with Gasteiger partial charge in [-0.2, -0.15) is 13.2 Å². The second-order valence-corrected chi connectivity index (χ2v) is 7.49. The van der Waals surface area contributed by atoms with E-state index in [0.29, 0.717) is 39.1 Å². The van der Waals surface area contributed by atoms with Gasteiger partial charge >= 0.3 is 12.1 Å². The second-order valence-electron chi connectivity index (χ2n) is 7.49. The molecule has 2 fully saturated rings. The monoisotopic (exact) mass is 401 g/mol. The number of hydrogen-bond acceptors (Lipinski definition) is 4. The molecule has 0 aromatic rings. The number of ether oxygens (including phenoxy) is 2. The van der Waals surface area contributed by atoms with Gasteiger partial charge in [-0.1, -0.05) is 19.3 Å². The maximum atomic E-state index is 13.7. The molecule has 1 saturated heterocycles. The molecule has 1 saturated carbocycles. The van der Waals surface area contributed by atoms with Crippen molar-refractivity contribution in [2.24, 2.45) is 5.92 Å². The summed E-state index contributed by atoms with van der Waals surface area (Å²) in [5.74, 6) is -4.51. The first-order valence-electron chi connectivity index (χ1n) is 9.60. The Balaban J connectivity index is 1.92. The molecule has 1 aliphatic heterocycles. The standard InChI is InChI=1S/C18H28F5NO3/c19-17(20,13-18(21,22)23)7-6-15(12-24-8-10-26-11-9-24)27-16(25)14-4-2-1-3-5-14/h14-15H,1-13H2. The summed E-state index contributed by atoms with van der Waals surface area (Å²) in [6, 6.07) is 0. The highest BCUT2D eigenvalue weighted by molar-refractivity contribution is 5.72. The fourth-order valence-corrected chi connectivity index (χ4v) is 3.61. The van der Waals surface area contributed by atoms with Gasteiger partial charge in [-0.25, -0.2) is 8.78 Å². The number of carbonyl (C=O) groups is 1. The first kappa shape index (κ1) is 22.3. The van der Waals surface area contributed by atoms with Crippen molar-refractivity contribution in [2.75, 3.05) is 32.8 Å². The summed E-state index contributed by atoms with van der Waals surface area (Å²) in [5, 5.41) is 0. The highest BCUT2D eigenvalue weighted by atomic mass is 19.4. The van der Waals surface area contributed by atoms with Gasteiger partial charge in [0.2, 0.25) is 0 Å². The lowest BCUT2D eigenvalue weighted by atomic mass is 9.89. The molecule has 0 N–H and O–H groups in total. The third kappa shape index (κ3) is 8.72. The van der Waals surface area contributed by atoms with Gasteiger partial charge in [0.1, 0.15) is 12.5 Å². The highest BCUT2D eigenvalue weighted by Crippen LogP contribution is 2.35. The van der Waals surface area contributed by atoms with Crippen LogP contribution in [0.5, 0.6) is 0 Å². The van der Waals surface area contributed by atoms with E-state index < -0.39 is 37.0 Å². The smallest absolute Gasteiger partial charge is 0.394 e. The predicted molar refractivity (Wildman–Crippen MR) is 88.6 cm³/mol. The summed E-state index contributed by atoms with van der Waals surface area (Å²) in [4.78, 5) is 14.3. The SMILES string of the molecule is O=C(OC(CCC(F)(F)CC(F)(F)F)CN1CCOCC1)C1CCCCC1. The van der Waals surface area contributed by atoms with Gasteiger partial charge < -0.3 is 9.47 Å². The number of alkyl halides is 5. The topological polar surface area (TPSA) is 38.8 Å². The second kappa shape index (κ2) is 10.0. The number of hydrogen-bond donors (Lipinski definition) is 0. The first-order valence-corrected chi connectivity index (χ1v) is 9.60. The molecule has 9 heteroatoms. The molecule has 1 unspecified atom stereocenters. The molecule has 4 nitrogen and oxygen atoms in total. The van der Waals surface area contributed by atoms with Gasteiger partial charge in [0.25, 0.3) is 5.92 Å². The van der Waals surface area contributed by atoms with Gasteiger partial charge in [-0.15, -0.1) is 0 Å². The van der Waals surface area contributed by atoms with Crippen LogP contribution in [0.25, 0.3) is 0 Å². The zero-order chi connectivity index (χ0) is 19.9. The van der Waals surface area contributed by atoms with Crippen molar-refractivity contribution in [3.8, 4) is 0 Å². The first-order chi connectivity index (χ1) is 12.6. The maximum Gasteiger partial charge on any atom is 0.394 e. The van der Waals surface area contributed by atoms with Crippen LogP contribution >= 0.6 is 0 Å². The van der Waals surface area contributed by atoms with Crippen LogP contribution in [0, 0.1) is 5.92 Å². The van der Waals surface area contributed by atoms with Crippen LogP contribution in [0.4, 0.5) is 22.0 Å². The molecular formula is C18H28F5NO3. The average Bonchev–Trinajstić information content (AvgIpc) is 2.59. The molecule has 2 aliphatic rings. The van der Waals surface area contributed by atoms with Gasteiger partial charge in [0.15, 0.2) is 0 Å².